The molecule has 0 radical (unpaired) electrons. The molecule has 0 fully saturated rings. The van der Waals surface area contributed by atoms with Gasteiger partial charge in [0.25, 0.3) is 0 Å². The smallest absolute Gasteiger partial charge is 0.248 e. The van der Waals surface area contributed by atoms with Gasteiger partial charge in [0.05, 0.1) is 17.8 Å². The fraction of sp³-hybridized carbons (Fsp3) is 0.455. The minimum atomic E-state index is -3.72. The number of aliphatic hydroxyl groups excluding tert-OH is 1. The summed E-state index contributed by atoms with van der Waals surface area (Å²) < 4.78 is 29.5. The van der Waals surface area contributed by atoms with E-state index < -0.39 is 15.6 Å². The van der Waals surface area contributed by atoms with Crippen molar-refractivity contribution in [3.8, 4) is 0 Å². The monoisotopic (exact) mass is 466 g/mol. The number of hydrogen-bond donors (Lipinski definition) is 1. The maximum absolute atomic E-state index is 13.9. The molecule has 2 atom stereocenters. The van der Waals surface area contributed by atoms with Crippen LogP contribution >= 0.6 is 20.5 Å². The van der Waals surface area contributed by atoms with Gasteiger partial charge in [0.15, 0.2) is 0 Å². The molecule has 164 valence electrons. The number of rotatable bonds is 7. The highest BCUT2D eigenvalue weighted by Gasteiger charge is 2.45. The number of aliphatic hydroxyl groups is 1. The SMILES string of the molecule is CCCCC1(C)CN(c2ccccc2)c2cc(SC)c(CO)cc2S(=O)(=O)N1PC. The number of hydrogen-bond acceptors (Lipinski definition) is 5. The van der Waals surface area contributed by atoms with Crippen LogP contribution in [-0.4, -0.2) is 42.6 Å². The molecule has 2 aromatic carbocycles. The molecule has 0 saturated heterocycles. The van der Waals surface area contributed by atoms with E-state index in [-0.39, 0.29) is 20.2 Å². The number of unbranched alkanes of at least 4 members (excludes halogenated alkanes) is 1. The molecular weight excluding hydrogens is 435 g/mol. The van der Waals surface area contributed by atoms with Gasteiger partial charge in [-0.25, -0.2) is 8.42 Å². The molecule has 0 amide bonds. The Kier molecular flexibility index (Phi) is 7.52. The second kappa shape index (κ2) is 9.58. The third-order valence-corrected chi connectivity index (χ3v) is 10.5. The molecule has 0 saturated carbocycles. The second-order valence-corrected chi connectivity index (χ2v) is 11.6. The van der Waals surface area contributed by atoms with Crippen LogP contribution in [0.25, 0.3) is 0 Å². The molecule has 0 bridgehead atoms. The Morgan fingerprint density at radius 2 is 1.93 bits per heavy atom. The van der Waals surface area contributed by atoms with E-state index >= 15 is 0 Å². The summed E-state index contributed by atoms with van der Waals surface area (Å²) in [5.41, 5.74) is 1.78. The van der Waals surface area contributed by atoms with Crippen LogP contribution in [0.15, 0.2) is 52.3 Å². The standard InChI is InChI=1S/C22H31N2O3PS2/c1-5-6-12-22(2)16-23(18-10-8-7-9-11-18)19-14-20(29-4)17(15-25)13-21(19)30(26,27)24(22)28-3/h7-11,13-14,25,28H,5-6,12,15-16H2,1-4H3. The first-order valence-corrected chi connectivity index (χ1v) is 14.3. The first-order valence-electron chi connectivity index (χ1n) is 10.2. The van der Waals surface area contributed by atoms with Crippen LogP contribution in [0.4, 0.5) is 11.4 Å². The van der Waals surface area contributed by atoms with Gasteiger partial charge < -0.3 is 10.0 Å². The summed E-state index contributed by atoms with van der Waals surface area (Å²) in [6.07, 6.45) is 4.72. The third kappa shape index (κ3) is 4.28. The molecule has 0 aromatic heterocycles. The number of nitrogens with zero attached hydrogens (tertiary/aromatic N) is 2. The summed E-state index contributed by atoms with van der Waals surface area (Å²) >= 11 is 1.52. The Hall–Kier alpha value is -1.11. The van der Waals surface area contributed by atoms with Crippen LogP contribution < -0.4 is 4.90 Å². The first kappa shape index (κ1) is 23.6. The predicted molar refractivity (Wildman–Crippen MR) is 129 cm³/mol. The van der Waals surface area contributed by atoms with Crippen molar-refractivity contribution < 1.29 is 13.5 Å². The molecule has 0 aliphatic carbocycles. The fourth-order valence-electron chi connectivity index (χ4n) is 4.17. The second-order valence-electron chi connectivity index (χ2n) is 7.81. The topological polar surface area (TPSA) is 60.9 Å². The lowest BCUT2D eigenvalue weighted by molar-refractivity contribution is 0.278. The normalized spacial score (nSPS) is 21.7. The van der Waals surface area contributed by atoms with Crippen LogP contribution in [0.3, 0.4) is 0 Å². The number of para-hydroxylation sites is 1. The van der Waals surface area contributed by atoms with E-state index in [1.807, 2.05) is 49.3 Å². The van der Waals surface area contributed by atoms with Crippen LogP contribution in [0.5, 0.6) is 0 Å². The zero-order valence-corrected chi connectivity index (χ0v) is 20.7. The number of benzene rings is 2. The summed E-state index contributed by atoms with van der Waals surface area (Å²) in [4.78, 5) is 3.32. The zero-order valence-electron chi connectivity index (χ0n) is 18.1. The van der Waals surface area contributed by atoms with Crippen molar-refractivity contribution in [2.75, 3.05) is 24.4 Å². The Morgan fingerprint density at radius 1 is 1.23 bits per heavy atom. The average Bonchev–Trinajstić information content (AvgIpc) is 2.82. The zero-order chi connectivity index (χ0) is 21.9. The molecule has 1 N–H and O–H groups in total. The molecule has 30 heavy (non-hydrogen) atoms. The average molecular weight is 467 g/mol. The summed E-state index contributed by atoms with van der Waals surface area (Å²) in [5.74, 6) is 0. The molecule has 3 rings (SSSR count). The van der Waals surface area contributed by atoms with E-state index in [4.69, 9.17) is 0 Å². The van der Waals surface area contributed by atoms with Gasteiger partial charge >= 0.3 is 0 Å². The van der Waals surface area contributed by atoms with Gasteiger partial charge in [0.1, 0.15) is 4.90 Å². The largest absolute Gasteiger partial charge is 0.392 e. The lowest BCUT2D eigenvalue weighted by Crippen LogP contribution is -2.49. The van der Waals surface area contributed by atoms with E-state index in [1.165, 1.54) is 11.8 Å². The van der Waals surface area contributed by atoms with Crippen molar-refractivity contribution in [1.29, 1.82) is 0 Å². The number of fused-ring (bicyclic) bond motifs is 1. The van der Waals surface area contributed by atoms with E-state index in [0.29, 0.717) is 17.8 Å². The van der Waals surface area contributed by atoms with Crippen LogP contribution in [0, 0.1) is 0 Å². The summed E-state index contributed by atoms with van der Waals surface area (Å²) in [6, 6.07) is 13.6. The van der Waals surface area contributed by atoms with E-state index in [1.54, 1.807) is 10.1 Å². The van der Waals surface area contributed by atoms with Gasteiger partial charge in [-0.05, 0) is 64.8 Å². The van der Waals surface area contributed by atoms with Crippen molar-refractivity contribution in [2.45, 2.75) is 55.0 Å². The van der Waals surface area contributed by atoms with E-state index in [9.17, 15) is 13.5 Å². The molecule has 2 unspecified atom stereocenters. The highest BCUT2D eigenvalue weighted by atomic mass is 32.2. The quantitative estimate of drug-likeness (QED) is 0.448. The summed E-state index contributed by atoms with van der Waals surface area (Å²) in [7, 11) is -3.60. The lowest BCUT2D eigenvalue weighted by Gasteiger charge is -2.40. The number of thioether (sulfide) groups is 1. The molecule has 8 heteroatoms. The molecule has 1 aliphatic rings. The molecule has 2 aromatic rings. The molecule has 1 aliphatic heterocycles. The maximum atomic E-state index is 13.9. The van der Waals surface area contributed by atoms with E-state index in [0.717, 1.165) is 29.8 Å². The number of sulfonamides is 1. The first-order chi connectivity index (χ1) is 14.3. The molecule has 5 nitrogen and oxygen atoms in total. The Morgan fingerprint density at radius 3 is 2.50 bits per heavy atom. The Bertz CT molecular complexity index is 985. The Balaban J connectivity index is 2.33. The van der Waals surface area contributed by atoms with Crippen molar-refractivity contribution in [2.24, 2.45) is 0 Å². The molecular formula is C22H31N2O3PS2. The minimum Gasteiger partial charge on any atom is -0.392 e. The van der Waals surface area contributed by atoms with Gasteiger partial charge in [-0.1, -0.05) is 38.0 Å². The molecule has 0 spiro atoms. The van der Waals surface area contributed by atoms with Crippen molar-refractivity contribution in [3.05, 3.63) is 48.0 Å². The van der Waals surface area contributed by atoms with Crippen LogP contribution in [0.1, 0.15) is 38.7 Å². The third-order valence-electron chi connectivity index (χ3n) is 5.67. The van der Waals surface area contributed by atoms with Gasteiger partial charge in [0.2, 0.25) is 10.0 Å². The van der Waals surface area contributed by atoms with Gasteiger partial charge in [-0.3, -0.25) is 0 Å². The van der Waals surface area contributed by atoms with Crippen molar-refractivity contribution in [1.82, 2.24) is 4.08 Å². The van der Waals surface area contributed by atoms with Crippen LogP contribution in [0.2, 0.25) is 0 Å². The summed E-state index contributed by atoms with van der Waals surface area (Å²) in [6.45, 7) is 6.53. The van der Waals surface area contributed by atoms with Gasteiger partial charge in [-0.2, -0.15) is 4.08 Å². The number of anilines is 2. The van der Waals surface area contributed by atoms with Gasteiger partial charge in [-0.15, -0.1) is 11.8 Å². The highest BCUT2D eigenvalue weighted by Crippen LogP contribution is 2.47. The van der Waals surface area contributed by atoms with Crippen LogP contribution in [-0.2, 0) is 16.6 Å². The summed E-state index contributed by atoms with van der Waals surface area (Å²) in [5, 5.41) is 9.88. The van der Waals surface area contributed by atoms with Gasteiger partial charge in [0, 0.05) is 17.1 Å². The van der Waals surface area contributed by atoms with Crippen molar-refractivity contribution >= 4 is 41.9 Å². The van der Waals surface area contributed by atoms with Crippen molar-refractivity contribution in [3.63, 3.8) is 0 Å². The minimum absolute atomic E-state index is 0.122. The molecule has 1 heterocycles. The van der Waals surface area contributed by atoms with E-state index in [2.05, 4.69) is 18.7 Å². The Labute approximate surface area is 186 Å². The fourth-order valence-corrected chi connectivity index (χ4v) is 8.41. The predicted octanol–water partition coefficient (Wildman–Crippen LogP) is 5.22. The highest BCUT2D eigenvalue weighted by molar-refractivity contribution is 7.98. The maximum Gasteiger partial charge on any atom is 0.248 e. The lowest BCUT2D eigenvalue weighted by atomic mass is 9.94.